The van der Waals surface area contributed by atoms with Crippen LogP contribution in [0.25, 0.3) is 0 Å². The van der Waals surface area contributed by atoms with Crippen LogP contribution in [-0.2, 0) is 21.9 Å². The molecule has 168 valence electrons. The summed E-state index contributed by atoms with van der Waals surface area (Å²) in [6.45, 7) is 1.32. The highest BCUT2D eigenvalue weighted by atomic mass is 35.5. The number of rotatable bonds is 9. The minimum atomic E-state index is -3.81. The summed E-state index contributed by atoms with van der Waals surface area (Å²) in [5.41, 5.74) is 1.22. The molecule has 2 aromatic carbocycles. The molecule has 3 rings (SSSR count). The van der Waals surface area contributed by atoms with Crippen molar-refractivity contribution in [3.63, 3.8) is 0 Å². The first-order valence-corrected chi connectivity index (χ1v) is 11.7. The van der Waals surface area contributed by atoms with E-state index in [1.54, 1.807) is 41.2 Å². The van der Waals surface area contributed by atoms with E-state index in [-0.39, 0.29) is 29.6 Å². The minimum Gasteiger partial charge on any atom is -0.342 e. The fourth-order valence-electron chi connectivity index (χ4n) is 3.09. The molecule has 1 unspecified atom stereocenters. The number of benzene rings is 2. The van der Waals surface area contributed by atoms with Crippen LogP contribution in [0.4, 0.5) is 0 Å². The third-order valence-electron chi connectivity index (χ3n) is 4.84. The lowest BCUT2D eigenvalue weighted by Crippen LogP contribution is -2.34. The van der Waals surface area contributed by atoms with Crippen molar-refractivity contribution >= 4 is 33.3 Å². The summed E-state index contributed by atoms with van der Waals surface area (Å²) in [4.78, 5) is 28.3. The first-order valence-electron chi connectivity index (χ1n) is 9.80. The molecule has 0 aliphatic heterocycles. The molecule has 1 heterocycles. The molecular weight excluding hydrogens is 452 g/mol. The van der Waals surface area contributed by atoms with Gasteiger partial charge in [0.1, 0.15) is 11.9 Å². The zero-order valence-electron chi connectivity index (χ0n) is 17.6. The van der Waals surface area contributed by atoms with E-state index in [0.29, 0.717) is 16.4 Å². The fourth-order valence-corrected chi connectivity index (χ4v) is 4.25. The summed E-state index contributed by atoms with van der Waals surface area (Å²) >= 11 is 5.97. The quantitative estimate of drug-likeness (QED) is 0.463. The molecule has 0 saturated heterocycles. The van der Waals surface area contributed by atoms with Crippen molar-refractivity contribution in [2.45, 2.75) is 24.3 Å². The second-order valence-corrected chi connectivity index (χ2v) is 9.38. The lowest BCUT2D eigenvalue weighted by atomic mass is 10.1. The molecule has 1 aromatic heterocycles. The SMILES string of the molecule is CC(=O)c1ccc(S(=O)(=O)NCCC(=O)NC(c2ccc(Cl)cc2)c2nccn2C)cc1. The predicted molar refractivity (Wildman–Crippen MR) is 121 cm³/mol. The Morgan fingerprint density at radius 3 is 2.31 bits per heavy atom. The van der Waals surface area contributed by atoms with Crippen LogP contribution in [-0.4, -0.2) is 36.2 Å². The third kappa shape index (κ3) is 5.82. The summed E-state index contributed by atoms with van der Waals surface area (Å²) in [6, 6.07) is 12.2. The molecule has 1 amide bonds. The first kappa shape index (κ1) is 23.6. The number of aromatic nitrogens is 2. The van der Waals surface area contributed by atoms with Crippen molar-refractivity contribution in [3.8, 4) is 0 Å². The first-order chi connectivity index (χ1) is 15.2. The van der Waals surface area contributed by atoms with Gasteiger partial charge >= 0.3 is 0 Å². The number of nitrogens with zero attached hydrogens (tertiary/aromatic N) is 2. The molecule has 2 N–H and O–H groups in total. The molecule has 0 aliphatic carbocycles. The lowest BCUT2D eigenvalue weighted by molar-refractivity contribution is -0.121. The van der Waals surface area contributed by atoms with Gasteiger partial charge in [-0.3, -0.25) is 9.59 Å². The second-order valence-electron chi connectivity index (χ2n) is 7.18. The maximum Gasteiger partial charge on any atom is 0.240 e. The molecule has 1 atom stereocenters. The lowest BCUT2D eigenvalue weighted by Gasteiger charge is -2.19. The Bertz CT molecular complexity index is 1210. The number of halogens is 1. The summed E-state index contributed by atoms with van der Waals surface area (Å²) in [6.07, 6.45) is 3.34. The van der Waals surface area contributed by atoms with Gasteiger partial charge in [0, 0.05) is 43.0 Å². The van der Waals surface area contributed by atoms with Crippen LogP contribution in [0.1, 0.15) is 41.1 Å². The second kappa shape index (κ2) is 10.1. The van der Waals surface area contributed by atoms with Crippen molar-refractivity contribution in [1.82, 2.24) is 19.6 Å². The number of hydrogen-bond donors (Lipinski definition) is 2. The molecule has 3 aromatic rings. The molecule has 8 nitrogen and oxygen atoms in total. The summed E-state index contributed by atoms with van der Waals surface area (Å²) in [5, 5.41) is 3.48. The molecule has 0 aliphatic rings. The normalized spacial score (nSPS) is 12.3. The van der Waals surface area contributed by atoms with Gasteiger partial charge in [-0.1, -0.05) is 35.9 Å². The van der Waals surface area contributed by atoms with E-state index >= 15 is 0 Å². The Balaban J connectivity index is 1.64. The molecule has 0 radical (unpaired) electrons. The average molecular weight is 475 g/mol. The smallest absolute Gasteiger partial charge is 0.240 e. The molecule has 0 fully saturated rings. The predicted octanol–water partition coefficient (Wildman–Crippen LogP) is 2.85. The number of nitrogens with one attached hydrogen (secondary N) is 2. The number of aryl methyl sites for hydroxylation is 1. The van der Waals surface area contributed by atoms with Gasteiger partial charge in [0.05, 0.1) is 4.90 Å². The standard InChI is InChI=1S/C22H23ClN4O4S/c1-15(28)16-5-9-19(10-6-16)32(30,31)25-12-11-20(29)26-21(22-24-13-14-27(22)2)17-3-7-18(23)8-4-17/h3-10,13-14,21,25H,11-12H2,1-2H3,(H,26,29). The van der Waals surface area contributed by atoms with E-state index in [4.69, 9.17) is 11.6 Å². The zero-order valence-corrected chi connectivity index (χ0v) is 19.2. The van der Waals surface area contributed by atoms with Crippen LogP contribution in [0.15, 0.2) is 65.8 Å². The Morgan fingerprint density at radius 1 is 1.09 bits per heavy atom. The molecule has 0 bridgehead atoms. The maximum absolute atomic E-state index is 12.6. The number of sulfonamides is 1. The van der Waals surface area contributed by atoms with Crippen LogP contribution in [0.2, 0.25) is 5.02 Å². The van der Waals surface area contributed by atoms with Gasteiger partial charge in [0.15, 0.2) is 5.78 Å². The summed E-state index contributed by atoms with van der Waals surface area (Å²) < 4.78 is 29.1. The Labute approximate surface area is 191 Å². The van der Waals surface area contributed by atoms with Crippen molar-refractivity contribution in [3.05, 3.63) is 82.9 Å². The van der Waals surface area contributed by atoms with E-state index in [2.05, 4.69) is 15.0 Å². The van der Waals surface area contributed by atoms with Crippen LogP contribution in [0.3, 0.4) is 0 Å². The number of amides is 1. The van der Waals surface area contributed by atoms with E-state index in [0.717, 1.165) is 5.56 Å². The number of ketones is 1. The fraction of sp³-hybridized carbons (Fsp3) is 0.227. The van der Waals surface area contributed by atoms with Crippen LogP contribution in [0, 0.1) is 0 Å². The van der Waals surface area contributed by atoms with Crippen molar-refractivity contribution in [2.24, 2.45) is 7.05 Å². The zero-order chi connectivity index (χ0) is 23.3. The van der Waals surface area contributed by atoms with Gasteiger partial charge in [0.2, 0.25) is 15.9 Å². The summed E-state index contributed by atoms with van der Waals surface area (Å²) in [7, 11) is -1.98. The van der Waals surface area contributed by atoms with Gasteiger partial charge < -0.3 is 9.88 Å². The highest BCUT2D eigenvalue weighted by molar-refractivity contribution is 7.89. The van der Waals surface area contributed by atoms with Crippen LogP contribution in [0.5, 0.6) is 0 Å². The van der Waals surface area contributed by atoms with Crippen molar-refractivity contribution in [1.29, 1.82) is 0 Å². The van der Waals surface area contributed by atoms with E-state index in [9.17, 15) is 18.0 Å². The van der Waals surface area contributed by atoms with Gasteiger partial charge in [0.25, 0.3) is 0 Å². The van der Waals surface area contributed by atoms with E-state index < -0.39 is 16.1 Å². The Kier molecular flexibility index (Phi) is 7.44. The number of carbonyl (C=O) groups excluding carboxylic acids is 2. The number of carbonyl (C=O) groups is 2. The number of Topliss-reactive ketones (excluding diaryl/α,β-unsaturated/α-hetero) is 1. The van der Waals surface area contributed by atoms with Gasteiger partial charge in [-0.2, -0.15) is 0 Å². The molecule has 0 saturated carbocycles. The van der Waals surface area contributed by atoms with Crippen LogP contribution >= 0.6 is 11.6 Å². The highest BCUT2D eigenvalue weighted by Crippen LogP contribution is 2.22. The minimum absolute atomic E-state index is 0.0231. The molecule has 10 heteroatoms. The van der Waals surface area contributed by atoms with Gasteiger partial charge in [-0.25, -0.2) is 18.1 Å². The Morgan fingerprint density at radius 2 is 1.75 bits per heavy atom. The monoisotopic (exact) mass is 474 g/mol. The summed E-state index contributed by atoms with van der Waals surface area (Å²) in [5.74, 6) is 0.135. The average Bonchev–Trinajstić information content (AvgIpc) is 3.18. The van der Waals surface area contributed by atoms with Crippen LogP contribution < -0.4 is 10.0 Å². The third-order valence-corrected chi connectivity index (χ3v) is 6.57. The largest absolute Gasteiger partial charge is 0.342 e. The van der Waals surface area contributed by atoms with E-state index in [1.807, 2.05) is 7.05 Å². The molecule has 32 heavy (non-hydrogen) atoms. The number of hydrogen-bond acceptors (Lipinski definition) is 5. The maximum atomic E-state index is 12.6. The van der Waals surface area contributed by atoms with Gasteiger partial charge in [-0.15, -0.1) is 0 Å². The molecular formula is C22H23ClN4O4S. The highest BCUT2D eigenvalue weighted by Gasteiger charge is 2.21. The molecule has 0 spiro atoms. The number of imidazole rings is 1. The van der Waals surface area contributed by atoms with Gasteiger partial charge in [-0.05, 0) is 36.8 Å². The van der Waals surface area contributed by atoms with Crippen molar-refractivity contribution < 1.29 is 18.0 Å². The van der Waals surface area contributed by atoms with Crippen molar-refractivity contribution in [2.75, 3.05) is 6.54 Å². The Hall–Kier alpha value is -3.01. The topological polar surface area (TPSA) is 110 Å². The van der Waals surface area contributed by atoms with E-state index in [1.165, 1.54) is 31.2 Å².